The molecule has 0 spiro atoms. The van der Waals surface area contributed by atoms with Gasteiger partial charge in [0.2, 0.25) is 0 Å². The normalized spacial score (nSPS) is 19.1. The lowest BCUT2D eigenvalue weighted by molar-refractivity contribution is 0.702. The van der Waals surface area contributed by atoms with Crippen LogP contribution >= 0.6 is 11.8 Å². The molecule has 1 fully saturated rings. The van der Waals surface area contributed by atoms with Crippen molar-refractivity contribution in [2.45, 2.75) is 52.2 Å². The van der Waals surface area contributed by atoms with E-state index in [1.54, 1.807) is 0 Å². The number of aromatic nitrogens is 2. The maximum Gasteiger partial charge on any atom is 0.137 e. The molecular formula is C16H28N4S. The number of thioether (sulfide) groups is 1. The summed E-state index contributed by atoms with van der Waals surface area (Å²) < 4.78 is 0. The zero-order valence-electron chi connectivity index (χ0n) is 13.9. The van der Waals surface area contributed by atoms with Gasteiger partial charge >= 0.3 is 0 Å². The van der Waals surface area contributed by atoms with Crippen molar-refractivity contribution >= 4 is 23.4 Å². The van der Waals surface area contributed by atoms with Crippen LogP contribution < -0.4 is 10.2 Å². The minimum absolute atomic E-state index is 0.350. The highest BCUT2D eigenvalue weighted by Crippen LogP contribution is 2.30. The van der Waals surface area contributed by atoms with Gasteiger partial charge in [-0.25, -0.2) is 9.97 Å². The number of nitrogens with zero attached hydrogens (tertiary/aromatic N) is 3. The molecule has 1 unspecified atom stereocenters. The van der Waals surface area contributed by atoms with Gasteiger partial charge in [0.15, 0.2) is 0 Å². The Morgan fingerprint density at radius 1 is 1.33 bits per heavy atom. The summed E-state index contributed by atoms with van der Waals surface area (Å²) in [5.74, 6) is 4.61. The maximum atomic E-state index is 4.87. The lowest BCUT2D eigenvalue weighted by Crippen LogP contribution is -2.39. The van der Waals surface area contributed by atoms with Crippen LogP contribution in [0.4, 0.5) is 11.6 Å². The molecule has 0 aliphatic carbocycles. The topological polar surface area (TPSA) is 41.1 Å². The van der Waals surface area contributed by atoms with Gasteiger partial charge in [-0.15, -0.1) is 0 Å². The number of nitrogens with one attached hydrogen (secondary N) is 1. The van der Waals surface area contributed by atoms with Gasteiger partial charge in [0.25, 0.3) is 0 Å². The SMILES string of the molecule is CCNc1nc(C(C)C)nc(N2CCSC(CC)C2)c1C. The first-order chi connectivity index (χ1) is 10.1. The van der Waals surface area contributed by atoms with Crippen LogP contribution in [0.25, 0.3) is 0 Å². The van der Waals surface area contributed by atoms with Gasteiger partial charge in [0.05, 0.1) is 0 Å². The number of rotatable bonds is 5. The Morgan fingerprint density at radius 2 is 2.10 bits per heavy atom. The predicted octanol–water partition coefficient (Wildman–Crippen LogP) is 3.67. The predicted molar refractivity (Wildman–Crippen MR) is 93.8 cm³/mol. The summed E-state index contributed by atoms with van der Waals surface area (Å²) in [6.07, 6.45) is 1.22. The Balaban J connectivity index is 2.36. The molecular weight excluding hydrogens is 280 g/mol. The summed E-state index contributed by atoms with van der Waals surface area (Å²) in [4.78, 5) is 12.0. The fraction of sp³-hybridized carbons (Fsp3) is 0.750. The second-order valence-corrected chi connectivity index (χ2v) is 7.32. The van der Waals surface area contributed by atoms with Crippen molar-refractivity contribution < 1.29 is 0 Å². The van der Waals surface area contributed by atoms with Crippen molar-refractivity contribution in [3.8, 4) is 0 Å². The zero-order chi connectivity index (χ0) is 15.4. The molecule has 0 bridgehead atoms. The van der Waals surface area contributed by atoms with E-state index in [9.17, 15) is 0 Å². The molecule has 0 saturated carbocycles. The van der Waals surface area contributed by atoms with E-state index in [1.165, 1.54) is 17.7 Å². The van der Waals surface area contributed by atoms with E-state index >= 15 is 0 Å². The van der Waals surface area contributed by atoms with Crippen molar-refractivity contribution in [1.29, 1.82) is 0 Å². The maximum absolute atomic E-state index is 4.87. The third-order valence-electron chi connectivity index (χ3n) is 3.89. The quantitative estimate of drug-likeness (QED) is 0.899. The third-order valence-corrected chi connectivity index (χ3v) is 5.26. The van der Waals surface area contributed by atoms with Crippen molar-refractivity contribution in [3.63, 3.8) is 0 Å². The fourth-order valence-electron chi connectivity index (χ4n) is 2.59. The van der Waals surface area contributed by atoms with Gasteiger partial charge < -0.3 is 10.2 Å². The number of hydrogen-bond donors (Lipinski definition) is 1. The number of hydrogen-bond acceptors (Lipinski definition) is 5. The molecule has 1 aromatic rings. The minimum atomic E-state index is 0.350. The minimum Gasteiger partial charge on any atom is -0.370 e. The van der Waals surface area contributed by atoms with Crippen molar-refractivity contribution in [2.75, 3.05) is 35.6 Å². The third kappa shape index (κ3) is 3.82. The van der Waals surface area contributed by atoms with E-state index in [4.69, 9.17) is 9.97 Å². The molecule has 118 valence electrons. The molecule has 1 N–H and O–H groups in total. The highest BCUT2D eigenvalue weighted by atomic mass is 32.2. The summed E-state index contributed by atoms with van der Waals surface area (Å²) in [7, 11) is 0. The van der Waals surface area contributed by atoms with Gasteiger partial charge in [0.1, 0.15) is 17.5 Å². The van der Waals surface area contributed by atoms with Gasteiger partial charge in [-0.3, -0.25) is 0 Å². The highest BCUT2D eigenvalue weighted by Gasteiger charge is 2.23. The summed E-state index contributed by atoms with van der Waals surface area (Å²) >= 11 is 2.09. The lowest BCUT2D eigenvalue weighted by atomic mass is 10.2. The number of anilines is 2. The monoisotopic (exact) mass is 308 g/mol. The Hall–Kier alpha value is -0.970. The smallest absolute Gasteiger partial charge is 0.137 e. The van der Waals surface area contributed by atoms with Crippen molar-refractivity contribution in [2.24, 2.45) is 0 Å². The molecule has 2 rings (SSSR count). The van der Waals surface area contributed by atoms with Crippen LogP contribution in [0.1, 0.15) is 51.4 Å². The van der Waals surface area contributed by atoms with E-state index in [-0.39, 0.29) is 0 Å². The summed E-state index contributed by atoms with van der Waals surface area (Å²) in [5.41, 5.74) is 1.18. The second kappa shape index (κ2) is 7.34. The van der Waals surface area contributed by atoms with E-state index in [1.807, 2.05) is 0 Å². The van der Waals surface area contributed by atoms with Crippen LogP contribution in [0.2, 0.25) is 0 Å². The summed E-state index contributed by atoms with van der Waals surface area (Å²) in [6.45, 7) is 13.9. The van der Waals surface area contributed by atoms with Gasteiger partial charge in [0, 0.05) is 42.1 Å². The molecule has 1 atom stereocenters. The van der Waals surface area contributed by atoms with Crippen LogP contribution in [-0.4, -0.2) is 40.6 Å². The molecule has 1 saturated heterocycles. The van der Waals surface area contributed by atoms with Crippen molar-refractivity contribution in [3.05, 3.63) is 11.4 Å². The Kier molecular flexibility index (Phi) is 5.73. The molecule has 2 heterocycles. The molecule has 5 heteroatoms. The Morgan fingerprint density at radius 3 is 2.71 bits per heavy atom. The van der Waals surface area contributed by atoms with E-state index < -0.39 is 0 Å². The molecule has 1 aromatic heterocycles. The first-order valence-corrected chi connectivity index (χ1v) is 9.10. The van der Waals surface area contributed by atoms with E-state index in [0.717, 1.165) is 42.3 Å². The second-order valence-electron chi connectivity index (χ2n) is 5.91. The van der Waals surface area contributed by atoms with Crippen LogP contribution in [0.15, 0.2) is 0 Å². The van der Waals surface area contributed by atoms with Gasteiger partial charge in [-0.1, -0.05) is 20.8 Å². The highest BCUT2D eigenvalue weighted by molar-refractivity contribution is 8.00. The van der Waals surface area contributed by atoms with Crippen LogP contribution in [0.3, 0.4) is 0 Å². The largest absolute Gasteiger partial charge is 0.370 e. The lowest BCUT2D eigenvalue weighted by Gasteiger charge is -2.34. The molecule has 4 nitrogen and oxygen atoms in total. The van der Waals surface area contributed by atoms with Crippen LogP contribution in [-0.2, 0) is 0 Å². The van der Waals surface area contributed by atoms with Crippen LogP contribution in [0, 0.1) is 6.92 Å². The first-order valence-electron chi connectivity index (χ1n) is 8.05. The van der Waals surface area contributed by atoms with Gasteiger partial charge in [-0.2, -0.15) is 11.8 Å². The average molecular weight is 308 g/mol. The standard InChI is InChI=1S/C16H28N4S/c1-6-13-10-20(8-9-21-13)16-12(5)15(17-7-2)18-14(19-16)11(3)4/h11,13H,6-10H2,1-5H3,(H,17,18,19). The Labute approximate surface area is 133 Å². The molecule has 0 radical (unpaired) electrons. The first kappa shape index (κ1) is 16.4. The van der Waals surface area contributed by atoms with Gasteiger partial charge in [-0.05, 0) is 20.3 Å². The van der Waals surface area contributed by atoms with Crippen molar-refractivity contribution in [1.82, 2.24) is 9.97 Å². The molecule has 1 aliphatic rings. The molecule has 1 aliphatic heterocycles. The molecule has 21 heavy (non-hydrogen) atoms. The summed E-state index contributed by atoms with van der Waals surface area (Å²) in [6, 6.07) is 0. The Bertz CT molecular complexity index is 476. The molecule has 0 amide bonds. The zero-order valence-corrected chi connectivity index (χ0v) is 14.8. The summed E-state index contributed by atoms with van der Waals surface area (Å²) in [5, 5.41) is 4.11. The van der Waals surface area contributed by atoms with E-state index in [2.05, 4.69) is 56.6 Å². The molecule has 0 aromatic carbocycles. The average Bonchev–Trinajstić information content (AvgIpc) is 2.49. The van der Waals surface area contributed by atoms with Crippen LogP contribution in [0.5, 0.6) is 0 Å². The fourth-order valence-corrected chi connectivity index (χ4v) is 3.77. The van der Waals surface area contributed by atoms with E-state index in [0.29, 0.717) is 5.92 Å².